The number of ether oxygens (including phenoxy) is 1. The lowest BCUT2D eigenvalue weighted by Gasteiger charge is -2.23. The third-order valence-electron chi connectivity index (χ3n) is 2.96. The number of nitriles is 1. The quantitative estimate of drug-likeness (QED) is 0.796. The van der Waals surface area contributed by atoms with E-state index in [0.717, 1.165) is 6.54 Å². The number of nitrogens with zero attached hydrogens (tertiary/aromatic N) is 1. The van der Waals surface area contributed by atoms with Gasteiger partial charge in [-0.3, -0.25) is 0 Å². The molecule has 1 unspecified atom stereocenters. The minimum atomic E-state index is -3.41. The SMILES string of the molecule is N#Cc1cccc(CS(=O)(=O)NCC2COCCN2)c1. The predicted octanol–water partition coefficient (Wildman–Crippen LogP) is -0.0339. The lowest BCUT2D eigenvalue weighted by molar-refractivity contribution is 0.0784. The molecule has 0 saturated carbocycles. The van der Waals surface area contributed by atoms with Crippen molar-refractivity contribution in [1.82, 2.24) is 10.0 Å². The fourth-order valence-electron chi connectivity index (χ4n) is 1.98. The third-order valence-corrected chi connectivity index (χ3v) is 4.28. The molecule has 1 aliphatic rings. The van der Waals surface area contributed by atoms with E-state index in [4.69, 9.17) is 10.00 Å². The smallest absolute Gasteiger partial charge is 0.215 e. The summed E-state index contributed by atoms with van der Waals surface area (Å²) in [7, 11) is -3.41. The molecular formula is C13H17N3O3S. The molecule has 1 fully saturated rings. The van der Waals surface area contributed by atoms with Crippen LogP contribution in [0.2, 0.25) is 0 Å². The number of nitrogens with one attached hydrogen (secondary N) is 2. The normalized spacial score (nSPS) is 19.4. The van der Waals surface area contributed by atoms with Crippen LogP contribution >= 0.6 is 0 Å². The molecular weight excluding hydrogens is 278 g/mol. The van der Waals surface area contributed by atoms with Crippen LogP contribution < -0.4 is 10.0 Å². The van der Waals surface area contributed by atoms with Crippen LogP contribution in [-0.2, 0) is 20.5 Å². The van der Waals surface area contributed by atoms with Gasteiger partial charge in [0.1, 0.15) is 0 Å². The van der Waals surface area contributed by atoms with Crippen molar-refractivity contribution in [3.05, 3.63) is 35.4 Å². The summed E-state index contributed by atoms with van der Waals surface area (Å²) in [6.07, 6.45) is 0. The van der Waals surface area contributed by atoms with Gasteiger partial charge in [-0.1, -0.05) is 12.1 Å². The van der Waals surface area contributed by atoms with Gasteiger partial charge in [0, 0.05) is 19.1 Å². The van der Waals surface area contributed by atoms with E-state index in [2.05, 4.69) is 10.0 Å². The molecule has 20 heavy (non-hydrogen) atoms. The topological polar surface area (TPSA) is 91.2 Å². The van der Waals surface area contributed by atoms with Crippen molar-refractivity contribution in [2.24, 2.45) is 0 Å². The van der Waals surface area contributed by atoms with Crippen LogP contribution in [0.3, 0.4) is 0 Å². The van der Waals surface area contributed by atoms with Crippen molar-refractivity contribution in [1.29, 1.82) is 5.26 Å². The van der Waals surface area contributed by atoms with Crippen molar-refractivity contribution in [3.8, 4) is 6.07 Å². The molecule has 6 nitrogen and oxygen atoms in total. The van der Waals surface area contributed by atoms with Gasteiger partial charge < -0.3 is 10.1 Å². The Morgan fingerprint density at radius 3 is 3.05 bits per heavy atom. The van der Waals surface area contributed by atoms with Gasteiger partial charge in [0.25, 0.3) is 0 Å². The molecule has 108 valence electrons. The van der Waals surface area contributed by atoms with Gasteiger partial charge in [-0.2, -0.15) is 5.26 Å². The van der Waals surface area contributed by atoms with Crippen molar-refractivity contribution in [3.63, 3.8) is 0 Å². The molecule has 0 bridgehead atoms. The Hall–Kier alpha value is -1.46. The Kier molecular flexibility index (Phi) is 5.09. The zero-order chi connectivity index (χ0) is 14.4. The van der Waals surface area contributed by atoms with E-state index in [1.54, 1.807) is 24.3 Å². The molecule has 2 rings (SSSR count). The first kappa shape index (κ1) is 14.9. The molecule has 1 aromatic carbocycles. The number of sulfonamides is 1. The van der Waals surface area contributed by atoms with E-state index in [1.807, 2.05) is 6.07 Å². The van der Waals surface area contributed by atoms with Gasteiger partial charge in [0.05, 0.1) is 30.6 Å². The minimum absolute atomic E-state index is 0.00367. The highest BCUT2D eigenvalue weighted by molar-refractivity contribution is 7.88. The summed E-state index contributed by atoms with van der Waals surface area (Å²) in [5.41, 5.74) is 1.06. The van der Waals surface area contributed by atoms with Gasteiger partial charge >= 0.3 is 0 Å². The van der Waals surface area contributed by atoms with Crippen molar-refractivity contribution >= 4 is 10.0 Å². The standard InChI is InChI=1S/C13H17N3O3S/c14-7-11-2-1-3-12(6-11)10-20(17,18)16-8-13-9-19-5-4-15-13/h1-3,6,13,15-16H,4-5,8-10H2. The molecule has 0 amide bonds. The Balaban J connectivity index is 1.91. The Morgan fingerprint density at radius 2 is 2.35 bits per heavy atom. The van der Waals surface area contributed by atoms with E-state index in [-0.39, 0.29) is 11.8 Å². The van der Waals surface area contributed by atoms with Crippen LogP contribution in [-0.4, -0.2) is 40.8 Å². The molecule has 0 aliphatic carbocycles. The first-order valence-electron chi connectivity index (χ1n) is 6.36. The summed E-state index contributed by atoms with van der Waals surface area (Å²) in [5.74, 6) is -0.129. The summed E-state index contributed by atoms with van der Waals surface area (Å²) in [6, 6.07) is 8.61. The predicted molar refractivity (Wildman–Crippen MR) is 74.4 cm³/mol. The second-order valence-corrected chi connectivity index (χ2v) is 6.45. The molecule has 1 heterocycles. The highest BCUT2D eigenvalue weighted by Gasteiger charge is 2.17. The number of morpholine rings is 1. The molecule has 1 aromatic rings. The Morgan fingerprint density at radius 1 is 1.50 bits per heavy atom. The molecule has 1 atom stereocenters. The minimum Gasteiger partial charge on any atom is -0.378 e. The second-order valence-electron chi connectivity index (χ2n) is 4.65. The van der Waals surface area contributed by atoms with E-state index in [0.29, 0.717) is 30.9 Å². The van der Waals surface area contributed by atoms with Crippen LogP contribution in [0.15, 0.2) is 24.3 Å². The fourth-order valence-corrected chi connectivity index (χ4v) is 3.16. The zero-order valence-electron chi connectivity index (χ0n) is 11.0. The Bertz CT molecular complexity index is 589. The van der Waals surface area contributed by atoms with Gasteiger partial charge in [0.15, 0.2) is 0 Å². The maximum Gasteiger partial charge on any atom is 0.215 e. The van der Waals surface area contributed by atoms with Gasteiger partial charge in [-0.15, -0.1) is 0 Å². The zero-order valence-corrected chi connectivity index (χ0v) is 11.8. The van der Waals surface area contributed by atoms with Crippen LogP contribution in [0.25, 0.3) is 0 Å². The summed E-state index contributed by atoms with van der Waals surface area (Å²) in [5, 5.41) is 12.0. The van der Waals surface area contributed by atoms with E-state index < -0.39 is 10.0 Å². The van der Waals surface area contributed by atoms with Crippen LogP contribution in [0.1, 0.15) is 11.1 Å². The van der Waals surface area contributed by atoms with Gasteiger partial charge in [0.2, 0.25) is 10.0 Å². The highest BCUT2D eigenvalue weighted by Crippen LogP contribution is 2.08. The number of hydrogen-bond acceptors (Lipinski definition) is 5. The maximum atomic E-state index is 12.0. The van der Waals surface area contributed by atoms with Crippen LogP contribution in [0.4, 0.5) is 0 Å². The number of hydrogen-bond donors (Lipinski definition) is 2. The molecule has 0 spiro atoms. The first-order valence-corrected chi connectivity index (χ1v) is 8.02. The average Bonchev–Trinajstić information content (AvgIpc) is 2.46. The molecule has 1 saturated heterocycles. The lowest BCUT2D eigenvalue weighted by Crippen LogP contribution is -2.48. The number of rotatable bonds is 5. The highest BCUT2D eigenvalue weighted by atomic mass is 32.2. The number of benzene rings is 1. The maximum absolute atomic E-state index is 12.0. The fraction of sp³-hybridized carbons (Fsp3) is 0.462. The first-order chi connectivity index (χ1) is 9.59. The van der Waals surface area contributed by atoms with Crippen molar-refractivity contribution < 1.29 is 13.2 Å². The van der Waals surface area contributed by atoms with Crippen LogP contribution in [0.5, 0.6) is 0 Å². The molecule has 7 heteroatoms. The molecule has 0 aromatic heterocycles. The van der Waals surface area contributed by atoms with Crippen molar-refractivity contribution in [2.75, 3.05) is 26.3 Å². The second kappa shape index (κ2) is 6.81. The monoisotopic (exact) mass is 295 g/mol. The largest absolute Gasteiger partial charge is 0.378 e. The molecule has 1 aliphatic heterocycles. The Labute approximate surface area is 118 Å². The van der Waals surface area contributed by atoms with E-state index in [9.17, 15) is 8.42 Å². The van der Waals surface area contributed by atoms with Crippen molar-refractivity contribution in [2.45, 2.75) is 11.8 Å². The van der Waals surface area contributed by atoms with E-state index in [1.165, 1.54) is 0 Å². The summed E-state index contributed by atoms with van der Waals surface area (Å²) >= 11 is 0. The third kappa shape index (κ3) is 4.58. The van der Waals surface area contributed by atoms with E-state index >= 15 is 0 Å². The summed E-state index contributed by atoms with van der Waals surface area (Å²) < 4.78 is 31.8. The van der Waals surface area contributed by atoms with Gasteiger partial charge in [-0.25, -0.2) is 13.1 Å². The molecule has 2 N–H and O–H groups in total. The lowest BCUT2D eigenvalue weighted by atomic mass is 10.2. The molecule has 0 radical (unpaired) electrons. The average molecular weight is 295 g/mol. The summed E-state index contributed by atoms with van der Waals surface area (Å²) in [6.45, 7) is 2.20. The summed E-state index contributed by atoms with van der Waals surface area (Å²) in [4.78, 5) is 0. The van der Waals surface area contributed by atoms with Gasteiger partial charge in [-0.05, 0) is 17.7 Å². The van der Waals surface area contributed by atoms with Crippen LogP contribution in [0, 0.1) is 11.3 Å².